The molecule has 0 aromatic carbocycles. The van der Waals surface area contributed by atoms with E-state index in [1.165, 1.54) is 29.5 Å². The zero-order valence-electron chi connectivity index (χ0n) is 13.1. The second-order valence-electron chi connectivity index (χ2n) is 5.84. The number of piperidine rings is 1. The van der Waals surface area contributed by atoms with Gasteiger partial charge in [-0.25, -0.2) is 4.98 Å². The molecule has 21 heavy (non-hydrogen) atoms. The fourth-order valence-electron chi connectivity index (χ4n) is 3.10. The lowest BCUT2D eigenvalue weighted by molar-refractivity contribution is 0.403. The van der Waals surface area contributed by atoms with Gasteiger partial charge in [0.2, 0.25) is 5.95 Å². The highest BCUT2D eigenvalue weighted by Gasteiger charge is 2.22. The van der Waals surface area contributed by atoms with E-state index < -0.39 is 0 Å². The molecule has 1 unspecified atom stereocenters. The third kappa shape index (κ3) is 2.98. The molecule has 0 aliphatic carbocycles. The monoisotopic (exact) mass is 304 g/mol. The lowest BCUT2D eigenvalue weighted by Gasteiger charge is -2.33. The maximum absolute atomic E-state index is 4.81. The summed E-state index contributed by atoms with van der Waals surface area (Å²) in [6, 6.07) is 2.24. The number of anilines is 2. The Balaban J connectivity index is 2.02. The van der Waals surface area contributed by atoms with E-state index in [2.05, 4.69) is 42.0 Å². The van der Waals surface area contributed by atoms with E-state index in [-0.39, 0.29) is 0 Å². The highest BCUT2D eigenvalue weighted by molar-refractivity contribution is 7.18. The first-order valence-electron chi connectivity index (χ1n) is 7.98. The van der Waals surface area contributed by atoms with Crippen LogP contribution in [0.4, 0.5) is 11.8 Å². The molecule has 4 nitrogen and oxygen atoms in total. The van der Waals surface area contributed by atoms with Gasteiger partial charge in [-0.1, -0.05) is 13.3 Å². The quantitative estimate of drug-likeness (QED) is 0.925. The van der Waals surface area contributed by atoms with Gasteiger partial charge in [-0.15, -0.1) is 11.3 Å². The Morgan fingerprint density at radius 3 is 3.00 bits per heavy atom. The number of aryl methyl sites for hydroxylation is 1. The molecule has 114 valence electrons. The Labute approximate surface area is 130 Å². The molecule has 0 spiro atoms. The van der Waals surface area contributed by atoms with Crippen molar-refractivity contribution in [3.63, 3.8) is 0 Å². The Morgan fingerprint density at radius 2 is 2.24 bits per heavy atom. The summed E-state index contributed by atoms with van der Waals surface area (Å²) in [6.07, 6.45) is 3.88. The van der Waals surface area contributed by atoms with Crippen LogP contribution in [-0.2, 0) is 0 Å². The van der Waals surface area contributed by atoms with Gasteiger partial charge in [0.15, 0.2) is 0 Å². The molecular formula is C16H24N4S. The van der Waals surface area contributed by atoms with Crippen molar-refractivity contribution < 1.29 is 0 Å². The first kappa shape index (κ1) is 14.6. The van der Waals surface area contributed by atoms with Crippen molar-refractivity contribution in [2.24, 2.45) is 5.92 Å². The first-order valence-corrected chi connectivity index (χ1v) is 8.80. The van der Waals surface area contributed by atoms with Crippen molar-refractivity contribution in [2.75, 3.05) is 29.9 Å². The normalized spacial score (nSPS) is 19.2. The van der Waals surface area contributed by atoms with Crippen molar-refractivity contribution in [3.8, 4) is 0 Å². The van der Waals surface area contributed by atoms with E-state index in [4.69, 9.17) is 4.98 Å². The van der Waals surface area contributed by atoms with Crippen molar-refractivity contribution in [3.05, 3.63) is 10.9 Å². The molecule has 0 amide bonds. The molecule has 3 rings (SSSR count). The Hall–Kier alpha value is -1.36. The minimum Gasteiger partial charge on any atom is -0.356 e. The molecule has 1 fully saturated rings. The van der Waals surface area contributed by atoms with Crippen LogP contribution in [0.15, 0.2) is 6.07 Å². The number of fused-ring (bicyclic) bond motifs is 1. The Bertz CT molecular complexity index is 622. The molecule has 0 saturated carbocycles. The van der Waals surface area contributed by atoms with Gasteiger partial charge >= 0.3 is 0 Å². The molecule has 3 heterocycles. The van der Waals surface area contributed by atoms with Crippen LogP contribution < -0.4 is 10.2 Å². The van der Waals surface area contributed by atoms with Crippen LogP contribution in [0.5, 0.6) is 0 Å². The maximum Gasteiger partial charge on any atom is 0.226 e. The molecule has 1 atom stereocenters. The molecule has 0 radical (unpaired) electrons. The van der Waals surface area contributed by atoms with Gasteiger partial charge in [0.1, 0.15) is 10.6 Å². The summed E-state index contributed by atoms with van der Waals surface area (Å²) >= 11 is 1.76. The Kier molecular flexibility index (Phi) is 4.29. The molecular weight excluding hydrogens is 280 g/mol. The molecule has 2 aromatic rings. The van der Waals surface area contributed by atoms with Gasteiger partial charge in [-0.05, 0) is 38.7 Å². The van der Waals surface area contributed by atoms with Crippen molar-refractivity contribution in [2.45, 2.75) is 40.0 Å². The largest absolute Gasteiger partial charge is 0.356 e. The zero-order chi connectivity index (χ0) is 14.8. The molecule has 0 bridgehead atoms. The van der Waals surface area contributed by atoms with E-state index in [9.17, 15) is 0 Å². The van der Waals surface area contributed by atoms with Gasteiger partial charge in [-0.2, -0.15) is 4.98 Å². The predicted octanol–water partition coefficient (Wildman–Crippen LogP) is 4.06. The SMILES string of the molecule is CCNc1nc(N2CCCC(CC)C2)c2cc(C)sc2n1. The van der Waals surface area contributed by atoms with Crippen LogP contribution in [0, 0.1) is 12.8 Å². The molecule has 1 aliphatic rings. The highest BCUT2D eigenvalue weighted by atomic mass is 32.1. The third-order valence-electron chi connectivity index (χ3n) is 4.23. The number of rotatable bonds is 4. The summed E-state index contributed by atoms with van der Waals surface area (Å²) in [4.78, 5) is 14.3. The van der Waals surface area contributed by atoms with Crippen LogP contribution >= 0.6 is 11.3 Å². The maximum atomic E-state index is 4.81. The van der Waals surface area contributed by atoms with Gasteiger partial charge in [0, 0.05) is 24.5 Å². The van der Waals surface area contributed by atoms with E-state index in [0.29, 0.717) is 0 Å². The van der Waals surface area contributed by atoms with Gasteiger partial charge < -0.3 is 10.2 Å². The average Bonchev–Trinajstić information content (AvgIpc) is 2.87. The average molecular weight is 304 g/mol. The summed E-state index contributed by atoms with van der Waals surface area (Å²) in [6.45, 7) is 9.62. The summed E-state index contributed by atoms with van der Waals surface area (Å²) in [5, 5.41) is 4.49. The van der Waals surface area contributed by atoms with Gasteiger partial charge in [0.05, 0.1) is 5.39 Å². The smallest absolute Gasteiger partial charge is 0.226 e. The summed E-state index contributed by atoms with van der Waals surface area (Å²) in [5.74, 6) is 2.69. The van der Waals surface area contributed by atoms with Crippen molar-refractivity contribution in [1.82, 2.24) is 9.97 Å². The number of hydrogen-bond acceptors (Lipinski definition) is 5. The van der Waals surface area contributed by atoms with Gasteiger partial charge in [-0.3, -0.25) is 0 Å². The molecule has 1 saturated heterocycles. The fraction of sp³-hybridized carbons (Fsp3) is 0.625. The number of hydrogen-bond donors (Lipinski definition) is 1. The van der Waals surface area contributed by atoms with Crippen LogP contribution in [0.2, 0.25) is 0 Å². The second kappa shape index (κ2) is 6.18. The summed E-state index contributed by atoms with van der Waals surface area (Å²) < 4.78 is 0. The number of thiophene rings is 1. The predicted molar refractivity (Wildman–Crippen MR) is 91.5 cm³/mol. The van der Waals surface area contributed by atoms with Crippen molar-refractivity contribution >= 4 is 33.3 Å². The Morgan fingerprint density at radius 1 is 1.38 bits per heavy atom. The lowest BCUT2D eigenvalue weighted by atomic mass is 9.95. The van der Waals surface area contributed by atoms with E-state index in [1.54, 1.807) is 11.3 Å². The zero-order valence-corrected chi connectivity index (χ0v) is 14.0. The number of aromatic nitrogens is 2. The molecule has 1 aliphatic heterocycles. The minimum atomic E-state index is 0.764. The fourth-order valence-corrected chi connectivity index (χ4v) is 3.97. The van der Waals surface area contributed by atoms with E-state index >= 15 is 0 Å². The summed E-state index contributed by atoms with van der Waals surface area (Å²) in [5.41, 5.74) is 0. The number of nitrogens with zero attached hydrogens (tertiary/aromatic N) is 3. The minimum absolute atomic E-state index is 0.764. The number of nitrogens with one attached hydrogen (secondary N) is 1. The van der Waals surface area contributed by atoms with Crippen molar-refractivity contribution in [1.29, 1.82) is 0 Å². The van der Waals surface area contributed by atoms with E-state index in [1.807, 2.05) is 0 Å². The lowest BCUT2D eigenvalue weighted by Crippen LogP contribution is -2.36. The molecule has 1 N–H and O–H groups in total. The highest BCUT2D eigenvalue weighted by Crippen LogP contribution is 2.34. The van der Waals surface area contributed by atoms with E-state index in [0.717, 1.165) is 42.1 Å². The summed E-state index contributed by atoms with van der Waals surface area (Å²) in [7, 11) is 0. The van der Waals surface area contributed by atoms with Crippen LogP contribution in [0.1, 0.15) is 38.0 Å². The van der Waals surface area contributed by atoms with Crippen LogP contribution in [0.25, 0.3) is 10.2 Å². The van der Waals surface area contributed by atoms with Gasteiger partial charge in [0.25, 0.3) is 0 Å². The second-order valence-corrected chi connectivity index (χ2v) is 7.07. The topological polar surface area (TPSA) is 41.1 Å². The first-order chi connectivity index (χ1) is 10.2. The van der Waals surface area contributed by atoms with Crippen LogP contribution in [0.3, 0.4) is 0 Å². The molecule has 2 aromatic heterocycles. The third-order valence-corrected chi connectivity index (χ3v) is 5.17. The molecule has 5 heteroatoms. The van der Waals surface area contributed by atoms with Crippen LogP contribution in [-0.4, -0.2) is 29.6 Å². The standard InChI is InChI=1S/C16H24N4S/c1-4-12-7-6-8-20(10-12)14-13-9-11(3)21-15(13)19-16(18-14)17-5-2/h9,12H,4-8,10H2,1-3H3,(H,17,18,19).